The lowest BCUT2D eigenvalue weighted by Crippen LogP contribution is -2.23. The molecule has 0 fully saturated rings. The molecule has 0 aliphatic rings. The summed E-state index contributed by atoms with van der Waals surface area (Å²) in [6.07, 6.45) is 1.43. The van der Waals surface area contributed by atoms with Crippen molar-refractivity contribution >= 4 is 46.0 Å². The number of anilines is 1. The van der Waals surface area contributed by atoms with E-state index in [1.165, 1.54) is 17.9 Å². The van der Waals surface area contributed by atoms with Crippen LogP contribution < -0.4 is 15.6 Å². The van der Waals surface area contributed by atoms with Gasteiger partial charge >= 0.3 is 0 Å². The van der Waals surface area contributed by atoms with Crippen molar-refractivity contribution in [3.05, 3.63) is 69.6 Å². The van der Waals surface area contributed by atoms with Crippen LogP contribution in [-0.4, -0.2) is 38.5 Å². The molecule has 2 heterocycles. The molecule has 4 rings (SSSR count). The second-order valence-corrected chi connectivity index (χ2v) is 7.94. The molecule has 0 aliphatic carbocycles. The molecule has 2 aromatic heterocycles. The number of amides is 1. The normalized spacial score (nSPS) is 10.9. The molecule has 31 heavy (non-hydrogen) atoms. The van der Waals surface area contributed by atoms with E-state index in [0.717, 1.165) is 17.3 Å². The number of H-pyrrole nitrogens is 1. The van der Waals surface area contributed by atoms with Crippen molar-refractivity contribution in [2.75, 3.05) is 18.2 Å². The summed E-state index contributed by atoms with van der Waals surface area (Å²) in [6.45, 7) is 1.83. The number of rotatable bonds is 6. The van der Waals surface area contributed by atoms with Crippen molar-refractivity contribution in [1.82, 2.24) is 19.7 Å². The third-order valence-electron chi connectivity index (χ3n) is 4.64. The lowest BCUT2D eigenvalue weighted by atomic mass is 10.2. The van der Waals surface area contributed by atoms with Crippen LogP contribution in [0.1, 0.15) is 5.56 Å². The molecule has 0 unspecified atom stereocenters. The lowest BCUT2D eigenvalue weighted by molar-refractivity contribution is -0.113. The van der Waals surface area contributed by atoms with Crippen LogP contribution in [-0.2, 0) is 4.79 Å². The van der Waals surface area contributed by atoms with Crippen molar-refractivity contribution in [3.63, 3.8) is 0 Å². The van der Waals surface area contributed by atoms with Crippen LogP contribution >= 0.6 is 23.4 Å². The van der Waals surface area contributed by atoms with Gasteiger partial charge in [0.05, 0.1) is 30.4 Å². The first kappa shape index (κ1) is 21.0. The highest BCUT2D eigenvalue weighted by molar-refractivity contribution is 7.99. The topological polar surface area (TPSA) is 102 Å². The molecule has 0 aliphatic heterocycles. The third kappa shape index (κ3) is 4.14. The van der Waals surface area contributed by atoms with Gasteiger partial charge in [0.25, 0.3) is 5.56 Å². The summed E-state index contributed by atoms with van der Waals surface area (Å²) in [5, 5.41) is 10.7. The lowest BCUT2D eigenvalue weighted by Gasteiger charge is -2.15. The van der Waals surface area contributed by atoms with E-state index in [-0.39, 0.29) is 17.2 Å². The van der Waals surface area contributed by atoms with E-state index in [4.69, 9.17) is 16.3 Å². The maximum absolute atomic E-state index is 13.2. The summed E-state index contributed by atoms with van der Waals surface area (Å²) < 4.78 is 6.72. The fourth-order valence-corrected chi connectivity index (χ4v) is 4.05. The molecule has 0 bridgehead atoms. The highest BCUT2D eigenvalue weighted by Gasteiger charge is 2.18. The summed E-state index contributed by atoms with van der Waals surface area (Å²) in [6, 6.07) is 12.4. The zero-order chi connectivity index (χ0) is 22.0. The fourth-order valence-electron chi connectivity index (χ4n) is 3.09. The quantitative estimate of drug-likeness (QED) is 0.338. The maximum atomic E-state index is 13.2. The van der Waals surface area contributed by atoms with Crippen LogP contribution in [0, 0.1) is 6.92 Å². The third-order valence-corrected chi connectivity index (χ3v) is 5.99. The first-order valence-electron chi connectivity index (χ1n) is 9.27. The minimum atomic E-state index is -0.295. The van der Waals surface area contributed by atoms with Gasteiger partial charge in [-0.2, -0.15) is 5.10 Å². The van der Waals surface area contributed by atoms with Crippen LogP contribution in [0.4, 0.5) is 5.69 Å². The van der Waals surface area contributed by atoms with Gasteiger partial charge in [0.1, 0.15) is 11.1 Å². The molecule has 1 amide bonds. The van der Waals surface area contributed by atoms with E-state index in [0.29, 0.717) is 38.3 Å². The van der Waals surface area contributed by atoms with Gasteiger partial charge in [0, 0.05) is 5.02 Å². The first-order chi connectivity index (χ1) is 15.0. The highest BCUT2D eigenvalue weighted by atomic mass is 35.5. The molecule has 0 saturated carbocycles. The number of aromatic amines is 1. The summed E-state index contributed by atoms with van der Waals surface area (Å²) in [7, 11) is 1.54. The monoisotopic (exact) mass is 455 g/mol. The van der Waals surface area contributed by atoms with E-state index in [1.54, 1.807) is 36.4 Å². The predicted molar refractivity (Wildman–Crippen MR) is 122 cm³/mol. The van der Waals surface area contributed by atoms with Crippen molar-refractivity contribution in [2.45, 2.75) is 12.1 Å². The number of halogens is 1. The Bertz CT molecular complexity index is 1330. The second kappa shape index (κ2) is 8.83. The number of carbonyl (C=O) groups excluding carboxylic acids is 1. The van der Waals surface area contributed by atoms with Crippen LogP contribution in [0.15, 0.2) is 58.6 Å². The number of thioether (sulfide) groups is 1. The number of carbonyl (C=O) groups is 1. The molecule has 0 saturated heterocycles. The Morgan fingerprint density at radius 1 is 1.26 bits per heavy atom. The van der Waals surface area contributed by atoms with Gasteiger partial charge in [-0.1, -0.05) is 41.6 Å². The van der Waals surface area contributed by atoms with Crippen LogP contribution in [0.3, 0.4) is 0 Å². The van der Waals surface area contributed by atoms with E-state index in [9.17, 15) is 9.59 Å². The molecule has 10 heteroatoms. The highest BCUT2D eigenvalue weighted by Crippen LogP contribution is 2.27. The number of hydrogen-bond acceptors (Lipinski definition) is 6. The number of aromatic nitrogens is 4. The summed E-state index contributed by atoms with van der Waals surface area (Å²) in [4.78, 5) is 30.3. The number of methoxy groups -OCH3 is 1. The Morgan fingerprint density at radius 2 is 2.06 bits per heavy atom. The SMILES string of the molecule is COc1ccccc1NC(=O)CSc1nc2[nH]ncc2c(=O)n1-c1cccc(Cl)c1C. The number of para-hydroxylation sites is 2. The van der Waals surface area contributed by atoms with Crippen LogP contribution in [0.25, 0.3) is 16.7 Å². The Kier molecular flexibility index (Phi) is 5.97. The largest absolute Gasteiger partial charge is 0.495 e. The van der Waals surface area contributed by atoms with E-state index < -0.39 is 0 Å². The van der Waals surface area contributed by atoms with E-state index >= 15 is 0 Å². The molecular formula is C21H18ClN5O3S. The van der Waals surface area contributed by atoms with Crippen molar-refractivity contribution in [1.29, 1.82) is 0 Å². The van der Waals surface area contributed by atoms with Gasteiger partial charge in [-0.05, 0) is 36.8 Å². The molecule has 0 radical (unpaired) electrons. The maximum Gasteiger partial charge on any atom is 0.269 e. The average molecular weight is 456 g/mol. The van der Waals surface area contributed by atoms with E-state index in [1.807, 2.05) is 13.0 Å². The predicted octanol–water partition coefficient (Wildman–Crippen LogP) is 3.81. The molecular weight excluding hydrogens is 438 g/mol. The molecule has 2 aromatic carbocycles. The zero-order valence-electron chi connectivity index (χ0n) is 16.7. The van der Waals surface area contributed by atoms with Gasteiger partial charge in [-0.15, -0.1) is 0 Å². The van der Waals surface area contributed by atoms with Gasteiger partial charge in [0.15, 0.2) is 10.8 Å². The summed E-state index contributed by atoms with van der Waals surface area (Å²) in [5.74, 6) is 0.330. The number of ether oxygens (including phenoxy) is 1. The standard InChI is InChI=1S/C21H18ClN5O3S/c1-12-14(22)6-5-8-16(12)27-20(29)13-10-23-26-19(13)25-21(27)31-11-18(28)24-15-7-3-4-9-17(15)30-2/h3-10H,11H2,1-2H3,(H,23,26)(H,24,28). The van der Waals surface area contributed by atoms with Gasteiger partial charge in [-0.3, -0.25) is 19.3 Å². The number of nitrogens with one attached hydrogen (secondary N) is 2. The van der Waals surface area contributed by atoms with Crippen molar-refractivity contribution < 1.29 is 9.53 Å². The fraction of sp³-hybridized carbons (Fsp3) is 0.143. The smallest absolute Gasteiger partial charge is 0.269 e. The minimum absolute atomic E-state index is 0.0315. The first-order valence-corrected chi connectivity index (χ1v) is 10.6. The Labute approximate surface area is 186 Å². The Morgan fingerprint density at radius 3 is 2.87 bits per heavy atom. The Hall–Kier alpha value is -3.30. The molecule has 2 N–H and O–H groups in total. The van der Waals surface area contributed by atoms with Crippen molar-refractivity contribution in [2.24, 2.45) is 0 Å². The van der Waals surface area contributed by atoms with E-state index in [2.05, 4.69) is 20.5 Å². The Balaban J connectivity index is 1.68. The zero-order valence-corrected chi connectivity index (χ0v) is 18.3. The average Bonchev–Trinajstić information content (AvgIpc) is 3.24. The van der Waals surface area contributed by atoms with Crippen LogP contribution in [0.5, 0.6) is 5.75 Å². The number of hydrogen-bond donors (Lipinski definition) is 2. The molecule has 0 atom stereocenters. The number of benzene rings is 2. The second-order valence-electron chi connectivity index (χ2n) is 6.59. The summed E-state index contributed by atoms with van der Waals surface area (Å²) in [5.41, 5.74) is 1.96. The minimum Gasteiger partial charge on any atom is -0.495 e. The number of nitrogens with zero attached hydrogens (tertiary/aromatic N) is 3. The molecule has 158 valence electrons. The van der Waals surface area contributed by atoms with Crippen molar-refractivity contribution in [3.8, 4) is 11.4 Å². The molecule has 4 aromatic rings. The van der Waals surface area contributed by atoms with Gasteiger partial charge in [0.2, 0.25) is 5.91 Å². The summed E-state index contributed by atoms with van der Waals surface area (Å²) >= 11 is 7.41. The molecule has 0 spiro atoms. The number of fused-ring (bicyclic) bond motifs is 1. The van der Waals surface area contributed by atoms with Gasteiger partial charge in [-0.25, -0.2) is 4.98 Å². The van der Waals surface area contributed by atoms with Gasteiger partial charge < -0.3 is 10.1 Å². The van der Waals surface area contributed by atoms with Crippen LogP contribution in [0.2, 0.25) is 5.02 Å². The molecule has 8 nitrogen and oxygen atoms in total.